The van der Waals surface area contributed by atoms with E-state index in [0.29, 0.717) is 0 Å². The van der Waals surface area contributed by atoms with Gasteiger partial charge in [0.1, 0.15) is 0 Å². The molecule has 0 bridgehead atoms. The fourth-order valence-corrected chi connectivity index (χ4v) is 11.3. The molecule has 14 aromatic rings. The van der Waals surface area contributed by atoms with Gasteiger partial charge in [0.05, 0.1) is 22.1 Å². The molecule has 352 valence electrons. The van der Waals surface area contributed by atoms with Gasteiger partial charge in [0.2, 0.25) is 0 Å². The maximum atomic E-state index is 2.42. The van der Waals surface area contributed by atoms with Crippen molar-refractivity contribution < 1.29 is 0 Å². The summed E-state index contributed by atoms with van der Waals surface area (Å²) in [5.41, 5.74) is 22.1. The molecule has 0 spiro atoms. The molecular formula is C72H49N3. The average Bonchev–Trinajstić information content (AvgIpc) is 4.02. The molecule has 0 N–H and O–H groups in total. The third-order valence-electron chi connectivity index (χ3n) is 14.9. The van der Waals surface area contributed by atoms with Gasteiger partial charge in [0, 0.05) is 50.0 Å². The molecular weight excluding hydrogens is 907 g/mol. The third kappa shape index (κ3) is 7.95. The van der Waals surface area contributed by atoms with Crippen LogP contribution in [0.3, 0.4) is 0 Å². The van der Waals surface area contributed by atoms with E-state index in [0.717, 1.165) is 50.7 Å². The van der Waals surface area contributed by atoms with Gasteiger partial charge in [-0.25, -0.2) is 0 Å². The number of para-hydroxylation sites is 4. The van der Waals surface area contributed by atoms with Crippen molar-refractivity contribution in [1.29, 1.82) is 0 Å². The van der Waals surface area contributed by atoms with Crippen LogP contribution in [0.2, 0.25) is 0 Å². The summed E-state index contributed by atoms with van der Waals surface area (Å²) in [5, 5.41) is 4.89. The van der Waals surface area contributed by atoms with Crippen molar-refractivity contribution in [3.63, 3.8) is 0 Å². The zero-order chi connectivity index (χ0) is 49.7. The minimum absolute atomic E-state index is 1.10. The van der Waals surface area contributed by atoms with Crippen molar-refractivity contribution in [3.05, 3.63) is 297 Å². The highest BCUT2D eigenvalue weighted by Crippen LogP contribution is 2.42. The van der Waals surface area contributed by atoms with Crippen LogP contribution in [-0.4, -0.2) is 9.13 Å². The van der Waals surface area contributed by atoms with Crippen LogP contribution in [0, 0.1) is 0 Å². The first-order valence-corrected chi connectivity index (χ1v) is 25.7. The molecule has 0 unspecified atom stereocenters. The van der Waals surface area contributed by atoms with Crippen LogP contribution in [0.4, 0.5) is 17.1 Å². The lowest BCUT2D eigenvalue weighted by Crippen LogP contribution is -2.09. The van der Waals surface area contributed by atoms with E-state index < -0.39 is 0 Å². The Morgan fingerprint density at radius 1 is 0.187 bits per heavy atom. The van der Waals surface area contributed by atoms with Gasteiger partial charge in [0.25, 0.3) is 0 Å². The molecule has 2 aromatic heterocycles. The summed E-state index contributed by atoms with van der Waals surface area (Å²) in [6.07, 6.45) is 0. The molecule has 12 aromatic carbocycles. The zero-order valence-electron chi connectivity index (χ0n) is 41.1. The Hall–Kier alpha value is -9.96. The van der Waals surface area contributed by atoms with Crippen molar-refractivity contribution in [2.75, 3.05) is 4.90 Å². The number of aromatic nitrogens is 2. The molecule has 0 aliphatic carbocycles. The second kappa shape index (κ2) is 18.6. The van der Waals surface area contributed by atoms with Crippen molar-refractivity contribution in [2.24, 2.45) is 0 Å². The fraction of sp³-hybridized carbons (Fsp3) is 0. The lowest BCUT2D eigenvalue weighted by atomic mass is 9.92. The smallest absolute Gasteiger partial charge is 0.0541 e. The first-order chi connectivity index (χ1) is 37.2. The van der Waals surface area contributed by atoms with E-state index in [-0.39, 0.29) is 0 Å². The number of rotatable bonds is 10. The predicted octanol–water partition coefficient (Wildman–Crippen LogP) is 19.7. The van der Waals surface area contributed by atoms with E-state index in [9.17, 15) is 0 Å². The van der Waals surface area contributed by atoms with Crippen LogP contribution in [0.1, 0.15) is 0 Å². The number of hydrogen-bond acceptors (Lipinski definition) is 1. The average molecular weight is 956 g/mol. The van der Waals surface area contributed by atoms with Gasteiger partial charge >= 0.3 is 0 Å². The first-order valence-electron chi connectivity index (χ1n) is 25.7. The van der Waals surface area contributed by atoms with E-state index in [1.54, 1.807) is 0 Å². The highest BCUT2D eigenvalue weighted by Gasteiger charge is 2.19. The van der Waals surface area contributed by atoms with Crippen LogP contribution in [-0.2, 0) is 0 Å². The number of benzene rings is 12. The molecule has 3 heteroatoms. The predicted molar refractivity (Wildman–Crippen MR) is 317 cm³/mol. The number of anilines is 3. The molecule has 2 heterocycles. The second-order valence-corrected chi connectivity index (χ2v) is 19.4. The van der Waals surface area contributed by atoms with Gasteiger partial charge in [-0.2, -0.15) is 0 Å². The molecule has 0 saturated heterocycles. The maximum Gasteiger partial charge on any atom is 0.0541 e. The van der Waals surface area contributed by atoms with Gasteiger partial charge in [0.15, 0.2) is 0 Å². The summed E-state index contributed by atoms with van der Waals surface area (Å²) in [7, 11) is 0. The summed E-state index contributed by atoms with van der Waals surface area (Å²) in [4.78, 5) is 2.32. The van der Waals surface area contributed by atoms with Crippen molar-refractivity contribution in [2.45, 2.75) is 0 Å². The van der Waals surface area contributed by atoms with E-state index in [1.165, 1.54) is 77.0 Å². The van der Waals surface area contributed by atoms with E-state index in [2.05, 4.69) is 311 Å². The van der Waals surface area contributed by atoms with Crippen LogP contribution >= 0.6 is 0 Å². The van der Waals surface area contributed by atoms with Gasteiger partial charge in [-0.1, -0.05) is 182 Å². The number of fused-ring (bicyclic) bond motifs is 6. The molecule has 0 aliphatic heterocycles. The highest BCUT2D eigenvalue weighted by molar-refractivity contribution is 6.12. The summed E-state index contributed by atoms with van der Waals surface area (Å²) in [5.74, 6) is 0. The van der Waals surface area contributed by atoms with E-state index in [4.69, 9.17) is 0 Å². The lowest BCUT2D eigenvalue weighted by molar-refractivity contribution is 1.18. The Bertz CT molecular complexity index is 4120. The van der Waals surface area contributed by atoms with Crippen LogP contribution in [0.5, 0.6) is 0 Å². The SMILES string of the molecule is c1ccc(-c2cccc(-n3c4ccccc4c4cc(-c5cc(-c6ccc(N(c7ccccc7)c7ccccc7)cc6)cc(-c6ccc7c(c6)c6ccccc6n7-c6cccc(-c7ccccc7)c6)c5)ccc43)c2)cc1. The Balaban J connectivity index is 0.928. The Morgan fingerprint density at radius 2 is 0.507 bits per heavy atom. The van der Waals surface area contributed by atoms with Crippen LogP contribution in [0.15, 0.2) is 297 Å². The van der Waals surface area contributed by atoms with Gasteiger partial charge in [-0.15, -0.1) is 0 Å². The molecule has 0 aliphatic rings. The number of hydrogen-bond donors (Lipinski definition) is 0. The van der Waals surface area contributed by atoms with Gasteiger partial charge < -0.3 is 14.0 Å². The fourth-order valence-electron chi connectivity index (χ4n) is 11.3. The summed E-state index contributed by atoms with van der Waals surface area (Å²) in [6.45, 7) is 0. The molecule has 3 nitrogen and oxygen atoms in total. The Labute approximate surface area is 436 Å². The molecule has 0 fully saturated rings. The molecule has 0 amide bonds. The van der Waals surface area contributed by atoms with Crippen molar-refractivity contribution >= 4 is 60.7 Å². The summed E-state index contributed by atoms with van der Waals surface area (Å²) in [6, 6.07) is 108. The number of nitrogens with zero attached hydrogens (tertiary/aromatic N) is 3. The minimum atomic E-state index is 1.10. The topological polar surface area (TPSA) is 13.1 Å². The maximum absolute atomic E-state index is 2.42. The van der Waals surface area contributed by atoms with E-state index >= 15 is 0 Å². The summed E-state index contributed by atoms with van der Waals surface area (Å²) < 4.78 is 4.84. The van der Waals surface area contributed by atoms with Gasteiger partial charge in [-0.05, 0) is 171 Å². The standard InChI is InChI=1S/C72H49N3/c1-5-19-50(20-6-1)53-23-17-29-63(46-53)74-69-33-15-13-31-65(69)67-48-55(37-41-71(67)74)58-43-57(52-35-39-62(40-36-52)73(60-25-9-3-10-26-60)61-27-11-4-12-28-61)44-59(45-58)56-38-42-72-68(49-56)66-32-14-16-34-70(66)75(72)64-30-18-24-54(47-64)51-21-7-2-8-22-51/h1-49H. The monoisotopic (exact) mass is 955 g/mol. The third-order valence-corrected chi connectivity index (χ3v) is 14.9. The molecule has 14 rings (SSSR count). The molecule has 0 atom stereocenters. The first kappa shape index (κ1) is 43.8. The summed E-state index contributed by atoms with van der Waals surface area (Å²) >= 11 is 0. The molecule has 0 saturated carbocycles. The van der Waals surface area contributed by atoms with Crippen molar-refractivity contribution in [3.8, 4) is 67.0 Å². The molecule has 75 heavy (non-hydrogen) atoms. The van der Waals surface area contributed by atoms with Crippen LogP contribution < -0.4 is 4.90 Å². The second-order valence-electron chi connectivity index (χ2n) is 19.4. The Kier molecular flexibility index (Phi) is 10.8. The minimum Gasteiger partial charge on any atom is -0.311 e. The Morgan fingerprint density at radius 3 is 0.960 bits per heavy atom. The lowest BCUT2D eigenvalue weighted by Gasteiger charge is -2.25. The molecule has 0 radical (unpaired) electrons. The van der Waals surface area contributed by atoms with Crippen LogP contribution in [0.25, 0.3) is 111 Å². The zero-order valence-corrected chi connectivity index (χ0v) is 41.1. The normalized spacial score (nSPS) is 11.5. The quantitative estimate of drug-likeness (QED) is 0.133. The highest BCUT2D eigenvalue weighted by atomic mass is 15.1. The van der Waals surface area contributed by atoms with Gasteiger partial charge in [-0.3, -0.25) is 0 Å². The van der Waals surface area contributed by atoms with Crippen molar-refractivity contribution in [1.82, 2.24) is 9.13 Å². The van der Waals surface area contributed by atoms with E-state index in [1.807, 2.05) is 0 Å². The largest absolute Gasteiger partial charge is 0.311 e.